The highest BCUT2D eigenvalue weighted by Gasteiger charge is 2.12. The zero-order chi connectivity index (χ0) is 17.5. The van der Waals surface area contributed by atoms with Crippen LogP contribution in [0.2, 0.25) is 5.02 Å². The van der Waals surface area contributed by atoms with Gasteiger partial charge in [-0.1, -0.05) is 29.8 Å². The maximum Gasteiger partial charge on any atom is 0.257 e. The summed E-state index contributed by atoms with van der Waals surface area (Å²) in [5.41, 5.74) is 3.66. The van der Waals surface area contributed by atoms with Crippen LogP contribution in [0.4, 0.5) is 0 Å². The van der Waals surface area contributed by atoms with E-state index >= 15 is 0 Å². The minimum absolute atomic E-state index is 0.305. The minimum atomic E-state index is -0.399. The zero-order valence-corrected chi connectivity index (χ0v) is 15.2. The van der Waals surface area contributed by atoms with Crippen molar-refractivity contribution < 1.29 is 14.3 Å². The van der Waals surface area contributed by atoms with Gasteiger partial charge in [0.15, 0.2) is 11.5 Å². The van der Waals surface area contributed by atoms with Crippen molar-refractivity contribution in [2.24, 2.45) is 5.84 Å². The second kappa shape index (κ2) is 8.73. The summed E-state index contributed by atoms with van der Waals surface area (Å²) >= 11 is 9.59. The first-order valence-electron chi connectivity index (χ1n) is 6.97. The Morgan fingerprint density at radius 1 is 1.38 bits per heavy atom. The maximum absolute atomic E-state index is 11.2. The van der Waals surface area contributed by atoms with Crippen LogP contribution in [0.15, 0.2) is 46.9 Å². The molecule has 0 saturated heterocycles. The third-order valence-corrected chi connectivity index (χ3v) is 4.11. The van der Waals surface area contributed by atoms with E-state index in [1.54, 1.807) is 19.3 Å². The van der Waals surface area contributed by atoms with Gasteiger partial charge >= 0.3 is 0 Å². The summed E-state index contributed by atoms with van der Waals surface area (Å²) in [6.07, 6.45) is 2.94. The third kappa shape index (κ3) is 4.74. The van der Waals surface area contributed by atoms with E-state index in [4.69, 9.17) is 26.9 Å². The number of hydrazine groups is 1. The summed E-state index contributed by atoms with van der Waals surface area (Å²) in [6.45, 7) is 0.305. The first-order valence-corrected chi connectivity index (χ1v) is 8.14. The van der Waals surface area contributed by atoms with E-state index in [1.165, 1.54) is 6.08 Å². The highest BCUT2D eigenvalue weighted by Crippen LogP contribution is 2.37. The van der Waals surface area contributed by atoms with E-state index in [2.05, 4.69) is 15.9 Å². The number of carbonyl (C=O) groups excluding carboxylic acids is 1. The summed E-state index contributed by atoms with van der Waals surface area (Å²) in [5.74, 6) is 5.72. The molecular formula is C17H16BrClN2O3. The van der Waals surface area contributed by atoms with Crippen molar-refractivity contribution in [2.75, 3.05) is 7.11 Å². The van der Waals surface area contributed by atoms with Crippen LogP contribution in [0.3, 0.4) is 0 Å². The molecule has 2 rings (SSSR count). The molecule has 0 aliphatic carbocycles. The smallest absolute Gasteiger partial charge is 0.257 e. The van der Waals surface area contributed by atoms with Crippen molar-refractivity contribution in [3.8, 4) is 11.5 Å². The summed E-state index contributed by atoms with van der Waals surface area (Å²) in [5, 5.41) is 0.639. The van der Waals surface area contributed by atoms with E-state index in [9.17, 15) is 4.79 Å². The molecule has 0 bridgehead atoms. The molecule has 0 radical (unpaired) electrons. The van der Waals surface area contributed by atoms with Gasteiger partial charge in [-0.3, -0.25) is 10.2 Å². The number of nitrogens with one attached hydrogen (secondary N) is 1. The third-order valence-electron chi connectivity index (χ3n) is 3.15. The second-order valence-electron chi connectivity index (χ2n) is 4.76. The molecule has 1 amide bonds. The molecule has 0 aliphatic heterocycles. The van der Waals surface area contributed by atoms with Crippen LogP contribution in [-0.2, 0) is 11.4 Å². The molecular weight excluding hydrogens is 396 g/mol. The molecule has 0 unspecified atom stereocenters. The van der Waals surface area contributed by atoms with Crippen molar-refractivity contribution in [2.45, 2.75) is 6.61 Å². The van der Waals surface area contributed by atoms with Gasteiger partial charge in [0.25, 0.3) is 5.91 Å². The Bertz CT molecular complexity index is 765. The lowest BCUT2D eigenvalue weighted by atomic mass is 10.2. The van der Waals surface area contributed by atoms with Crippen molar-refractivity contribution in [1.82, 2.24) is 5.43 Å². The SMILES string of the molecule is COc1cc(/C=C/C(=O)NN)cc(Br)c1OCc1ccccc1Cl. The van der Waals surface area contributed by atoms with Crippen molar-refractivity contribution >= 4 is 39.5 Å². The van der Waals surface area contributed by atoms with Gasteiger partial charge in [-0.25, -0.2) is 5.84 Å². The lowest BCUT2D eigenvalue weighted by molar-refractivity contribution is -0.116. The van der Waals surface area contributed by atoms with Crippen LogP contribution in [0.25, 0.3) is 6.08 Å². The van der Waals surface area contributed by atoms with E-state index in [0.717, 1.165) is 11.1 Å². The average Bonchev–Trinajstić information content (AvgIpc) is 2.59. The van der Waals surface area contributed by atoms with Gasteiger partial charge in [0.05, 0.1) is 11.6 Å². The Kier molecular flexibility index (Phi) is 6.66. The number of hydrogen-bond donors (Lipinski definition) is 2. The van der Waals surface area contributed by atoms with Gasteiger partial charge in [-0.2, -0.15) is 0 Å². The molecule has 0 heterocycles. The highest BCUT2D eigenvalue weighted by molar-refractivity contribution is 9.10. The van der Waals surface area contributed by atoms with Gasteiger partial charge in [-0.15, -0.1) is 0 Å². The molecule has 126 valence electrons. The van der Waals surface area contributed by atoms with E-state index in [1.807, 2.05) is 35.8 Å². The largest absolute Gasteiger partial charge is 0.493 e. The molecule has 24 heavy (non-hydrogen) atoms. The van der Waals surface area contributed by atoms with E-state index < -0.39 is 5.91 Å². The quantitative estimate of drug-likeness (QED) is 0.329. The van der Waals surface area contributed by atoms with Crippen LogP contribution in [0.1, 0.15) is 11.1 Å². The molecule has 3 N–H and O–H groups in total. The first kappa shape index (κ1) is 18.3. The number of halogens is 2. The molecule has 0 atom stereocenters. The number of nitrogens with two attached hydrogens (primary N) is 1. The second-order valence-corrected chi connectivity index (χ2v) is 6.02. The highest BCUT2D eigenvalue weighted by atomic mass is 79.9. The van der Waals surface area contributed by atoms with Gasteiger partial charge in [0, 0.05) is 16.7 Å². The fourth-order valence-corrected chi connectivity index (χ4v) is 2.73. The molecule has 2 aromatic carbocycles. The number of benzene rings is 2. The Labute approximate surface area is 153 Å². The van der Waals surface area contributed by atoms with Gasteiger partial charge in [0.2, 0.25) is 0 Å². The lowest BCUT2D eigenvalue weighted by Gasteiger charge is -2.14. The molecule has 2 aromatic rings. The van der Waals surface area contributed by atoms with Gasteiger partial charge in [-0.05, 0) is 45.8 Å². The maximum atomic E-state index is 11.2. The van der Waals surface area contributed by atoms with Crippen LogP contribution >= 0.6 is 27.5 Å². The van der Waals surface area contributed by atoms with Crippen LogP contribution < -0.4 is 20.7 Å². The molecule has 0 aromatic heterocycles. The van der Waals surface area contributed by atoms with Crippen LogP contribution in [-0.4, -0.2) is 13.0 Å². The normalized spacial score (nSPS) is 10.7. The van der Waals surface area contributed by atoms with Crippen molar-refractivity contribution in [3.05, 3.63) is 63.1 Å². The van der Waals surface area contributed by atoms with Gasteiger partial charge in [0.1, 0.15) is 6.61 Å². The number of ether oxygens (including phenoxy) is 2. The summed E-state index contributed by atoms with van der Waals surface area (Å²) in [6, 6.07) is 11.0. The number of carbonyl (C=O) groups is 1. The summed E-state index contributed by atoms with van der Waals surface area (Å²) < 4.78 is 11.9. The number of hydrogen-bond acceptors (Lipinski definition) is 4. The fourth-order valence-electron chi connectivity index (χ4n) is 1.96. The Morgan fingerprint density at radius 3 is 2.79 bits per heavy atom. The molecule has 0 fully saturated rings. The summed E-state index contributed by atoms with van der Waals surface area (Å²) in [7, 11) is 1.55. The lowest BCUT2D eigenvalue weighted by Crippen LogP contribution is -2.27. The molecule has 7 heteroatoms. The molecule has 0 saturated carbocycles. The van der Waals surface area contributed by atoms with Crippen LogP contribution in [0.5, 0.6) is 11.5 Å². The minimum Gasteiger partial charge on any atom is -0.493 e. The summed E-state index contributed by atoms with van der Waals surface area (Å²) in [4.78, 5) is 11.2. The van der Waals surface area contributed by atoms with E-state index in [-0.39, 0.29) is 0 Å². The Morgan fingerprint density at radius 2 is 2.12 bits per heavy atom. The Balaban J connectivity index is 2.22. The fraction of sp³-hybridized carbons (Fsp3) is 0.118. The number of methoxy groups -OCH3 is 1. The first-order chi connectivity index (χ1) is 11.5. The van der Waals surface area contributed by atoms with E-state index in [0.29, 0.717) is 27.6 Å². The molecule has 5 nitrogen and oxygen atoms in total. The monoisotopic (exact) mass is 410 g/mol. The van der Waals surface area contributed by atoms with Crippen molar-refractivity contribution in [3.63, 3.8) is 0 Å². The number of amides is 1. The number of rotatable bonds is 6. The zero-order valence-electron chi connectivity index (χ0n) is 12.9. The Hall–Kier alpha value is -2.02. The van der Waals surface area contributed by atoms with Crippen LogP contribution in [0, 0.1) is 0 Å². The predicted octanol–water partition coefficient (Wildman–Crippen LogP) is 3.69. The molecule has 0 spiro atoms. The predicted molar refractivity (Wildman–Crippen MR) is 97.8 cm³/mol. The average molecular weight is 412 g/mol. The molecule has 0 aliphatic rings. The van der Waals surface area contributed by atoms with Crippen molar-refractivity contribution in [1.29, 1.82) is 0 Å². The van der Waals surface area contributed by atoms with Gasteiger partial charge < -0.3 is 9.47 Å². The standard InChI is InChI=1S/C17H16BrClN2O3/c1-23-15-9-11(6-7-16(22)21-20)8-13(18)17(15)24-10-12-4-2-3-5-14(12)19/h2-9H,10,20H2,1H3,(H,21,22)/b7-6+. The topological polar surface area (TPSA) is 73.6 Å².